The first-order valence-corrected chi connectivity index (χ1v) is 9.46. The Morgan fingerprint density at radius 2 is 2.10 bits per heavy atom. The van der Waals surface area contributed by atoms with Crippen molar-refractivity contribution in [3.8, 4) is 5.82 Å². The molecule has 29 heavy (non-hydrogen) atoms. The summed E-state index contributed by atoms with van der Waals surface area (Å²) < 4.78 is 1.62. The second-order valence-electron chi connectivity index (χ2n) is 6.99. The van der Waals surface area contributed by atoms with Gasteiger partial charge in [-0.1, -0.05) is 11.6 Å². The van der Waals surface area contributed by atoms with Gasteiger partial charge in [-0.2, -0.15) is 5.10 Å². The molecule has 148 valence electrons. The molecule has 4 heterocycles. The number of aromatic nitrogens is 4. The van der Waals surface area contributed by atoms with Crippen LogP contribution >= 0.6 is 11.6 Å². The number of carbonyl (C=O) groups is 2. The van der Waals surface area contributed by atoms with Gasteiger partial charge in [0.25, 0.3) is 5.91 Å². The first kappa shape index (κ1) is 19.1. The highest BCUT2D eigenvalue weighted by molar-refractivity contribution is 6.30. The highest BCUT2D eigenvalue weighted by Crippen LogP contribution is 2.34. The number of fused-ring (bicyclic) bond motifs is 1. The molecule has 1 aliphatic rings. The summed E-state index contributed by atoms with van der Waals surface area (Å²) in [4.78, 5) is 34.9. The van der Waals surface area contributed by atoms with E-state index < -0.39 is 0 Å². The topological polar surface area (TPSA) is 93.0 Å². The van der Waals surface area contributed by atoms with Crippen molar-refractivity contribution >= 4 is 29.2 Å². The number of rotatable bonds is 4. The van der Waals surface area contributed by atoms with Crippen molar-refractivity contribution in [1.29, 1.82) is 0 Å². The zero-order chi connectivity index (χ0) is 20.7. The Morgan fingerprint density at radius 1 is 1.31 bits per heavy atom. The maximum atomic E-state index is 13.0. The lowest BCUT2D eigenvalue weighted by atomic mass is 10.1. The molecule has 2 amide bonds. The molecule has 8 nitrogen and oxygen atoms in total. The van der Waals surface area contributed by atoms with E-state index in [0.29, 0.717) is 28.8 Å². The molecular weight excluding hydrogens is 392 g/mol. The maximum Gasteiger partial charge on any atom is 0.255 e. The van der Waals surface area contributed by atoms with Crippen LogP contribution in [-0.2, 0) is 11.3 Å². The fraction of sp³-hybridized carbons (Fsp3) is 0.250. The first-order valence-electron chi connectivity index (χ1n) is 9.08. The molecule has 3 aromatic heterocycles. The zero-order valence-electron chi connectivity index (χ0n) is 16.2. The molecule has 0 fully saturated rings. The average molecular weight is 411 g/mol. The smallest absolute Gasteiger partial charge is 0.255 e. The van der Waals surface area contributed by atoms with E-state index in [-0.39, 0.29) is 17.9 Å². The van der Waals surface area contributed by atoms with Crippen LogP contribution in [0.3, 0.4) is 0 Å². The molecule has 0 spiro atoms. The number of hydrogen-bond donors (Lipinski definition) is 1. The Hall–Kier alpha value is -3.26. The number of hydrogen-bond acceptors (Lipinski definition) is 5. The van der Waals surface area contributed by atoms with Crippen molar-refractivity contribution in [1.82, 2.24) is 24.6 Å². The number of carbonyl (C=O) groups excluding carboxylic acids is 2. The molecule has 4 rings (SSSR count). The highest BCUT2D eigenvalue weighted by atomic mass is 35.5. The van der Waals surface area contributed by atoms with Crippen LogP contribution in [0.4, 0.5) is 5.82 Å². The Morgan fingerprint density at radius 3 is 2.76 bits per heavy atom. The van der Waals surface area contributed by atoms with Gasteiger partial charge in [-0.05, 0) is 37.1 Å². The van der Waals surface area contributed by atoms with Gasteiger partial charge in [0.05, 0.1) is 30.0 Å². The maximum absolute atomic E-state index is 13.0. The van der Waals surface area contributed by atoms with Gasteiger partial charge >= 0.3 is 0 Å². The summed E-state index contributed by atoms with van der Waals surface area (Å²) in [5.41, 5.74) is 3.11. The van der Waals surface area contributed by atoms with E-state index in [1.165, 1.54) is 13.1 Å². The molecule has 9 heteroatoms. The molecule has 1 N–H and O–H groups in total. The number of anilines is 1. The summed E-state index contributed by atoms with van der Waals surface area (Å²) in [6.45, 7) is 5.68. The standard InChI is InChI=1S/C20H19ClN6O2/c1-11-6-14(7-23-19(11)27-9-15(21)8-24-27)12(2)26-10-17-16(20(26)29)4-5-22-18(17)25-13(3)28/h4-9,12H,10H2,1-3H3,(H,22,25,28). The third kappa shape index (κ3) is 3.47. The summed E-state index contributed by atoms with van der Waals surface area (Å²) >= 11 is 5.95. The molecule has 1 unspecified atom stereocenters. The predicted octanol–water partition coefficient (Wildman–Crippen LogP) is 3.30. The van der Waals surface area contributed by atoms with Gasteiger partial charge < -0.3 is 10.2 Å². The van der Waals surface area contributed by atoms with Crippen LogP contribution in [0.1, 0.15) is 46.9 Å². The van der Waals surface area contributed by atoms with Crippen molar-refractivity contribution in [2.75, 3.05) is 5.32 Å². The Bertz CT molecular complexity index is 1130. The minimum absolute atomic E-state index is 0.0953. The van der Waals surface area contributed by atoms with Crippen LogP contribution in [0.25, 0.3) is 5.82 Å². The lowest BCUT2D eigenvalue weighted by Gasteiger charge is -2.25. The van der Waals surface area contributed by atoms with E-state index in [1.807, 2.05) is 19.9 Å². The number of aryl methyl sites for hydroxylation is 1. The number of nitrogens with zero attached hydrogens (tertiary/aromatic N) is 5. The predicted molar refractivity (Wildman–Crippen MR) is 108 cm³/mol. The molecule has 0 saturated carbocycles. The lowest BCUT2D eigenvalue weighted by Crippen LogP contribution is -2.27. The molecular formula is C20H19ClN6O2. The minimum atomic E-state index is -0.223. The fourth-order valence-electron chi connectivity index (χ4n) is 3.49. The summed E-state index contributed by atoms with van der Waals surface area (Å²) in [5.74, 6) is 0.792. The average Bonchev–Trinajstić information content (AvgIpc) is 3.25. The Labute approximate surface area is 172 Å². The number of nitrogens with one attached hydrogen (secondary N) is 1. The fourth-order valence-corrected chi connectivity index (χ4v) is 3.63. The van der Waals surface area contributed by atoms with E-state index in [4.69, 9.17) is 11.6 Å². The normalized spacial score (nSPS) is 14.1. The molecule has 1 atom stereocenters. The van der Waals surface area contributed by atoms with Gasteiger partial charge in [-0.15, -0.1) is 0 Å². The monoisotopic (exact) mass is 410 g/mol. The van der Waals surface area contributed by atoms with Crippen LogP contribution < -0.4 is 5.32 Å². The highest BCUT2D eigenvalue weighted by Gasteiger charge is 2.34. The van der Waals surface area contributed by atoms with Crippen LogP contribution in [0.2, 0.25) is 5.02 Å². The minimum Gasteiger partial charge on any atom is -0.327 e. The number of pyridine rings is 2. The third-order valence-electron chi connectivity index (χ3n) is 4.96. The quantitative estimate of drug-likeness (QED) is 0.712. The largest absolute Gasteiger partial charge is 0.327 e. The van der Waals surface area contributed by atoms with Crippen LogP contribution in [0.5, 0.6) is 0 Å². The third-order valence-corrected chi connectivity index (χ3v) is 5.15. The molecule has 3 aromatic rings. The summed E-state index contributed by atoms with van der Waals surface area (Å²) in [5, 5.41) is 7.42. The molecule has 0 radical (unpaired) electrons. The second-order valence-corrected chi connectivity index (χ2v) is 7.42. The SMILES string of the molecule is CC(=O)Nc1nccc2c1CN(C(C)c1cnc(-n3cc(Cl)cn3)c(C)c1)C2=O. The summed E-state index contributed by atoms with van der Waals surface area (Å²) in [6, 6.07) is 3.47. The second kappa shape index (κ2) is 7.29. The first-order chi connectivity index (χ1) is 13.8. The lowest BCUT2D eigenvalue weighted by molar-refractivity contribution is -0.114. The Kier molecular flexibility index (Phi) is 4.79. The van der Waals surface area contributed by atoms with E-state index in [0.717, 1.165) is 16.7 Å². The van der Waals surface area contributed by atoms with E-state index in [2.05, 4.69) is 20.4 Å². The van der Waals surface area contributed by atoms with E-state index in [1.54, 1.807) is 34.2 Å². The zero-order valence-corrected chi connectivity index (χ0v) is 16.9. The van der Waals surface area contributed by atoms with Crippen LogP contribution in [0.15, 0.2) is 36.9 Å². The van der Waals surface area contributed by atoms with Crippen molar-refractivity contribution in [2.24, 2.45) is 0 Å². The van der Waals surface area contributed by atoms with Gasteiger partial charge in [0, 0.05) is 30.4 Å². The van der Waals surface area contributed by atoms with E-state index in [9.17, 15) is 9.59 Å². The molecule has 0 bridgehead atoms. The van der Waals surface area contributed by atoms with E-state index >= 15 is 0 Å². The van der Waals surface area contributed by atoms with Gasteiger partial charge in [0.15, 0.2) is 5.82 Å². The summed E-state index contributed by atoms with van der Waals surface area (Å²) in [7, 11) is 0. The van der Waals surface area contributed by atoms with Crippen LogP contribution in [-0.4, -0.2) is 36.5 Å². The molecule has 1 aliphatic heterocycles. The molecule has 0 saturated heterocycles. The number of halogens is 1. The molecule has 0 aromatic carbocycles. The summed E-state index contributed by atoms with van der Waals surface area (Å²) in [6.07, 6.45) is 6.52. The van der Waals surface area contributed by atoms with Crippen molar-refractivity contribution < 1.29 is 9.59 Å². The van der Waals surface area contributed by atoms with Crippen molar-refractivity contribution in [3.63, 3.8) is 0 Å². The van der Waals surface area contributed by atoms with Gasteiger partial charge in [-0.25, -0.2) is 14.6 Å². The van der Waals surface area contributed by atoms with Crippen molar-refractivity contribution in [2.45, 2.75) is 33.4 Å². The molecule has 0 aliphatic carbocycles. The number of amides is 2. The van der Waals surface area contributed by atoms with Crippen molar-refractivity contribution in [3.05, 3.63) is 64.2 Å². The Balaban J connectivity index is 1.62. The van der Waals surface area contributed by atoms with Gasteiger partial charge in [0.1, 0.15) is 5.82 Å². The van der Waals surface area contributed by atoms with Gasteiger partial charge in [0.2, 0.25) is 5.91 Å². The van der Waals surface area contributed by atoms with Gasteiger partial charge in [-0.3, -0.25) is 9.59 Å². The van der Waals surface area contributed by atoms with Crippen LogP contribution in [0, 0.1) is 6.92 Å².